The van der Waals surface area contributed by atoms with Gasteiger partial charge in [0.05, 0.1) is 0 Å². The third-order valence-corrected chi connectivity index (χ3v) is 3.57. The standard InChI is InChI=1S/C15H22N2O/c1-12-6-5-7-13(10-12)14(16)11-15(18)17-8-3-2-4-9-17/h5-7,10,14H,2-4,8-9,11,16H2,1H3. The number of carbonyl (C=O) groups is 1. The second kappa shape index (κ2) is 6.01. The molecule has 3 heteroatoms. The van der Waals surface area contributed by atoms with Crippen LogP contribution in [0.3, 0.4) is 0 Å². The van der Waals surface area contributed by atoms with Crippen molar-refractivity contribution in [2.75, 3.05) is 13.1 Å². The molecule has 0 aliphatic carbocycles. The highest BCUT2D eigenvalue weighted by Gasteiger charge is 2.19. The number of hydrogen-bond acceptors (Lipinski definition) is 2. The van der Waals surface area contributed by atoms with Gasteiger partial charge >= 0.3 is 0 Å². The first kappa shape index (κ1) is 13.1. The summed E-state index contributed by atoms with van der Waals surface area (Å²) >= 11 is 0. The highest BCUT2D eigenvalue weighted by Crippen LogP contribution is 2.18. The van der Waals surface area contributed by atoms with Crippen molar-refractivity contribution in [3.63, 3.8) is 0 Å². The second-order valence-electron chi connectivity index (χ2n) is 5.17. The number of nitrogens with two attached hydrogens (primary N) is 1. The van der Waals surface area contributed by atoms with Crippen molar-refractivity contribution in [2.45, 2.75) is 38.6 Å². The second-order valence-corrected chi connectivity index (χ2v) is 5.17. The Morgan fingerprint density at radius 1 is 1.33 bits per heavy atom. The van der Waals surface area contributed by atoms with Gasteiger partial charge in [-0.25, -0.2) is 0 Å². The molecule has 0 aromatic heterocycles. The third-order valence-electron chi connectivity index (χ3n) is 3.57. The molecular weight excluding hydrogens is 224 g/mol. The highest BCUT2D eigenvalue weighted by atomic mass is 16.2. The molecule has 1 atom stereocenters. The molecule has 18 heavy (non-hydrogen) atoms. The summed E-state index contributed by atoms with van der Waals surface area (Å²) in [5.41, 5.74) is 8.37. The lowest BCUT2D eigenvalue weighted by Gasteiger charge is -2.27. The zero-order valence-corrected chi connectivity index (χ0v) is 11.1. The number of benzene rings is 1. The van der Waals surface area contributed by atoms with E-state index in [4.69, 9.17) is 5.73 Å². The molecule has 1 saturated heterocycles. The maximum absolute atomic E-state index is 12.1. The summed E-state index contributed by atoms with van der Waals surface area (Å²) in [6.07, 6.45) is 3.92. The van der Waals surface area contributed by atoms with E-state index in [-0.39, 0.29) is 11.9 Å². The van der Waals surface area contributed by atoms with Crippen molar-refractivity contribution in [3.8, 4) is 0 Å². The van der Waals surface area contributed by atoms with E-state index in [9.17, 15) is 4.79 Å². The SMILES string of the molecule is Cc1cccc(C(N)CC(=O)N2CCCCC2)c1. The van der Waals surface area contributed by atoms with Gasteiger partial charge in [0.25, 0.3) is 0 Å². The van der Waals surface area contributed by atoms with Crippen molar-refractivity contribution in [2.24, 2.45) is 5.73 Å². The van der Waals surface area contributed by atoms with E-state index in [0.29, 0.717) is 6.42 Å². The summed E-state index contributed by atoms with van der Waals surface area (Å²) in [7, 11) is 0. The van der Waals surface area contributed by atoms with Crippen LogP contribution in [0.25, 0.3) is 0 Å². The molecule has 1 heterocycles. The molecule has 1 aromatic rings. The van der Waals surface area contributed by atoms with Crippen molar-refractivity contribution in [1.29, 1.82) is 0 Å². The maximum atomic E-state index is 12.1. The normalized spacial score (nSPS) is 17.6. The van der Waals surface area contributed by atoms with Gasteiger partial charge in [0.1, 0.15) is 0 Å². The lowest BCUT2D eigenvalue weighted by Crippen LogP contribution is -2.37. The minimum atomic E-state index is -0.181. The van der Waals surface area contributed by atoms with Crippen LogP contribution in [0.5, 0.6) is 0 Å². The average molecular weight is 246 g/mol. The molecule has 0 saturated carbocycles. The summed E-state index contributed by atoms with van der Waals surface area (Å²) in [6.45, 7) is 3.85. The molecule has 0 spiro atoms. The molecule has 1 aliphatic heterocycles. The van der Waals surface area contributed by atoms with E-state index < -0.39 is 0 Å². The number of amides is 1. The number of likely N-dealkylation sites (tertiary alicyclic amines) is 1. The molecule has 1 aliphatic rings. The number of aryl methyl sites for hydroxylation is 1. The Bertz CT molecular complexity index is 411. The lowest BCUT2D eigenvalue weighted by molar-refractivity contribution is -0.132. The fourth-order valence-electron chi connectivity index (χ4n) is 2.48. The Morgan fingerprint density at radius 2 is 2.06 bits per heavy atom. The molecule has 0 radical (unpaired) electrons. The quantitative estimate of drug-likeness (QED) is 0.890. The van der Waals surface area contributed by atoms with Crippen LogP contribution in [0.4, 0.5) is 0 Å². The van der Waals surface area contributed by atoms with Crippen LogP contribution in [0.1, 0.15) is 42.9 Å². The Hall–Kier alpha value is -1.35. The van der Waals surface area contributed by atoms with Gasteiger partial charge in [0, 0.05) is 25.6 Å². The molecule has 2 rings (SSSR count). The lowest BCUT2D eigenvalue weighted by atomic mass is 10.0. The minimum absolute atomic E-state index is 0.181. The molecule has 1 aromatic carbocycles. The van der Waals surface area contributed by atoms with Gasteiger partial charge in [-0.05, 0) is 31.7 Å². The van der Waals surface area contributed by atoms with Crippen molar-refractivity contribution in [3.05, 3.63) is 35.4 Å². The Kier molecular flexibility index (Phi) is 4.37. The Morgan fingerprint density at radius 3 is 2.72 bits per heavy atom. The number of piperidine rings is 1. The van der Waals surface area contributed by atoms with Gasteiger partial charge < -0.3 is 10.6 Å². The van der Waals surface area contributed by atoms with E-state index in [0.717, 1.165) is 31.5 Å². The van der Waals surface area contributed by atoms with Crippen LogP contribution < -0.4 is 5.73 Å². The van der Waals surface area contributed by atoms with Gasteiger partial charge in [-0.2, -0.15) is 0 Å². The first-order valence-corrected chi connectivity index (χ1v) is 6.77. The van der Waals surface area contributed by atoms with Crippen LogP contribution >= 0.6 is 0 Å². The fourth-order valence-corrected chi connectivity index (χ4v) is 2.48. The van der Waals surface area contributed by atoms with Gasteiger partial charge in [-0.15, -0.1) is 0 Å². The molecule has 1 amide bonds. The van der Waals surface area contributed by atoms with Gasteiger partial charge in [0.2, 0.25) is 5.91 Å². The number of hydrogen-bond donors (Lipinski definition) is 1. The molecule has 1 unspecified atom stereocenters. The number of nitrogens with zero attached hydrogens (tertiary/aromatic N) is 1. The number of rotatable bonds is 3. The van der Waals surface area contributed by atoms with Crippen molar-refractivity contribution >= 4 is 5.91 Å². The van der Waals surface area contributed by atoms with Crippen LogP contribution in [0.15, 0.2) is 24.3 Å². The van der Waals surface area contributed by atoms with E-state index in [2.05, 4.69) is 6.07 Å². The van der Waals surface area contributed by atoms with Crippen molar-refractivity contribution < 1.29 is 4.79 Å². The van der Waals surface area contributed by atoms with E-state index in [1.165, 1.54) is 12.0 Å². The fraction of sp³-hybridized carbons (Fsp3) is 0.533. The van der Waals surface area contributed by atoms with Crippen LogP contribution in [0, 0.1) is 6.92 Å². The van der Waals surface area contributed by atoms with Crippen molar-refractivity contribution in [1.82, 2.24) is 4.90 Å². The predicted octanol–water partition coefficient (Wildman–Crippen LogP) is 2.40. The summed E-state index contributed by atoms with van der Waals surface area (Å²) in [6, 6.07) is 7.92. The molecule has 1 fully saturated rings. The smallest absolute Gasteiger partial charge is 0.224 e. The summed E-state index contributed by atoms with van der Waals surface area (Å²) in [4.78, 5) is 14.1. The van der Waals surface area contributed by atoms with E-state index in [1.807, 2.05) is 30.0 Å². The van der Waals surface area contributed by atoms with Crippen LogP contribution in [-0.4, -0.2) is 23.9 Å². The van der Waals surface area contributed by atoms with E-state index >= 15 is 0 Å². The Balaban J connectivity index is 1.94. The van der Waals surface area contributed by atoms with Gasteiger partial charge in [-0.1, -0.05) is 29.8 Å². The molecule has 2 N–H and O–H groups in total. The minimum Gasteiger partial charge on any atom is -0.343 e. The predicted molar refractivity (Wildman–Crippen MR) is 73.2 cm³/mol. The molecule has 0 bridgehead atoms. The first-order valence-electron chi connectivity index (χ1n) is 6.77. The maximum Gasteiger partial charge on any atom is 0.224 e. The average Bonchev–Trinajstić information content (AvgIpc) is 2.39. The summed E-state index contributed by atoms with van der Waals surface area (Å²) in [5.74, 6) is 0.198. The first-order chi connectivity index (χ1) is 8.66. The zero-order valence-electron chi connectivity index (χ0n) is 11.1. The monoisotopic (exact) mass is 246 g/mol. The summed E-state index contributed by atoms with van der Waals surface area (Å²) in [5, 5.41) is 0. The third kappa shape index (κ3) is 3.33. The number of carbonyl (C=O) groups excluding carboxylic acids is 1. The molecule has 98 valence electrons. The zero-order chi connectivity index (χ0) is 13.0. The van der Waals surface area contributed by atoms with Crippen LogP contribution in [0.2, 0.25) is 0 Å². The van der Waals surface area contributed by atoms with Gasteiger partial charge in [-0.3, -0.25) is 4.79 Å². The largest absolute Gasteiger partial charge is 0.343 e. The highest BCUT2D eigenvalue weighted by molar-refractivity contribution is 5.77. The van der Waals surface area contributed by atoms with Gasteiger partial charge in [0.15, 0.2) is 0 Å². The summed E-state index contributed by atoms with van der Waals surface area (Å²) < 4.78 is 0. The topological polar surface area (TPSA) is 46.3 Å². The van der Waals surface area contributed by atoms with Crippen LogP contribution in [-0.2, 0) is 4.79 Å². The molecule has 3 nitrogen and oxygen atoms in total. The Labute approximate surface area is 109 Å². The molecular formula is C15H22N2O. The van der Waals surface area contributed by atoms with E-state index in [1.54, 1.807) is 0 Å².